The number of hydrogen-bond acceptors (Lipinski definition) is 4. The first-order valence-electron chi connectivity index (χ1n) is 6.79. The molecule has 0 radical (unpaired) electrons. The van der Waals surface area contributed by atoms with Crippen LogP contribution < -0.4 is 5.32 Å². The second kappa shape index (κ2) is 7.07. The molecule has 1 unspecified atom stereocenters. The summed E-state index contributed by atoms with van der Waals surface area (Å²) >= 11 is 0. The first kappa shape index (κ1) is 16.2. The van der Waals surface area contributed by atoms with E-state index < -0.39 is 17.3 Å². The van der Waals surface area contributed by atoms with E-state index in [2.05, 4.69) is 15.3 Å². The van der Waals surface area contributed by atoms with Crippen molar-refractivity contribution >= 4 is 11.9 Å². The van der Waals surface area contributed by atoms with Crippen LogP contribution in [0.15, 0.2) is 12.4 Å². The number of amides is 1. The highest BCUT2D eigenvalue weighted by molar-refractivity contribution is 5.98. The van der Waals surface area contributed by atoms with Crippen molar-refractivity contribution in [2.24, 2.45) is 11.3 Å². The van der Waals surface area contributed by atoms with Crippen LogP contribution in [-0.4, -0.2) is 35.0 Å². The van der Waals surface area contributed by atoms with Gasteiger partial charge >= 0.3 is 5.97 Å². The molecular formula is C14H23N3O3. The maximum absolute atomic E-state index is 12.2. The number of H-pyrrole nitrogens is 1. The van der Waals surface area contributed by atoms with Gasteiger partial charge in [0.1, 0.15) is 11.7 Å². The van der Waals surface area contributed by atoms with E-state index in [1.807, 2.05) is 20.8 Å². The summed E-state index contributed by atoms with van der Waals surface area (Å²) in [5.74, 6) is -0.786. The maximum Gasteiger partial charge on any atom is 0.319 e. The molecule has 1 rings (SSSR count). The van der Waals surface area contributed by atoms with E-state index in [0.29, 0.717) is 13.0 Å². The van der Waals surface area contributed by atoms with Crippen LogP contribution in [0.5, 0.6) is 0 Å². The highest BCUT2D eigenvalue weighted by Crippen LogP contribution is 2.27. The summed E-state index contributed by atoms with van der Waals surface area (Å²) < 4.78 is 4.99. The minimum atomic E-state index is -0.806. The van der Waals surface area contributed by atoms with Crippen molar-refractivity contribution in [3.05, 3.63) is 18.2 Å². The largest absolute Gasteiger partial charge is 0.465 e. The zero-order valence-corrected chi connectivity index (χ0v) is 12.5. The molecule has 1 aromatic rings. The lowest BCUT2D eigenvalue weighted by molar-refractivity contribution is -0.156. The summed E-state index contributed by atoms with van der Waals surface area (Å²) in [5, 5.41) is 2.77. The molecule has 1 heterocycles. The number of imidazole rings is 1. The normalized spacial score (nSPS) is 12.8. The number of nitrogens with one attached hydrogen (secondary N) is 2. The topological polar surface area (TPSA) is 84.1 Å². The molecule has 0 aliphatic rings. The van der Waals surface area contributed by atoms with Gasteiger partial charge in [0.05, 0.1) is 6.61 Å². The van der Waals surface area contributed by atoms with Gasteiger partial charge in [-0.3, -0.25) is 9.59 Å². The Kier molecular flexibility index (Phi) is 5.73. The van der Waals surface area contributed by atoms with Crippen LogP contribution >= 0.6 is 0 Å². The highest BCUT2D eigenvalue weighted by Gasteiger charge is 2.38. The maximum atomic E-state index is 12.2. The summed E-state index contributed by atoms with van der Waals surface area (Å²) in [6.45, 7) is 7.97. The number of aromatic amines is 1. The molecule has 20 heavy (non-hydrogen) atoms. The second-order valence-corrected chi connectivity index (χ2v) is 5.63. The SMILES string of the molecule is CCOC(=O)C(C(=O)NCCc1ncc[nH]1)C(C)(C)C. The smallest absolute Gasteiger partial charge is 0.319 e. The lowest BCUT2D eigenvalue weighted by Crippen LogP contribution is -2.44. The lowest BCUT2D eigenvalue weighted by atomic mass is 9.80. The summed E-state index contributed by atoms with van der Waals surface area (Å²) in [5.41, 5.74) is -0.485. The van der Waals surface area contributed by atoms with Gasteiger partial charge in [0.15, 0.2) is 0 Å². The predicted molar refractivity (Wildman–Crippen MR) is 74.9 cm³/mol. The highest BCUT2D eigenvalue weighted by atomic mass is 16.5. The molecule has 0 aliphatic carbocycles. The number of hydrogen-bond donors (Lipinski definition) is 2. The third-order valence-corrected chi connectivity index (χ3v) is 2.87. The monoisotopic (exact) mass is 281 g/mol. The van der Waals surface area contributed by atoms with Crippen LogP contribution in [0.25, 0.3) is 0 Å². The summed E-state index contributed by atoms with van der Waals surface area (Å²) in [6.07, 6.45) is 3.99. The fraction of sp³-hybridized carbons (Fsp3) is 0.643. The van der Waals surface area contributed by atoms with E-state index in [9.17, 15) is 9.59 Å². The molecule has 0 saturated heterocycles. The second-order valence-electron chi connectivity index (χ2n) is 5.63. The van der Waals surface area contributed by atoms with Crippen LogP contribution in [0, 0.1) is 11.3 Å². The molecule has 0 aliphatic heterocycles. The molecule has 112 valence electrons. The van der Waals surface area contributed by atoms with Gasteiger partial charge in [0.25, 0.3) is 0 Å². The number of carbonyl (C=O) groups is 2. The van der Waals surface area contributed by atoms with Gasteiger partial charge in [-0.1, -0.05) is 20.8 Å². The number of carbonyl (C=O) groups excluding carboxylic acids is 2. The first-order chi connectivity index (χ1) is 9.36. The first-order valence-corrected chi connectivity index (χ1v) is 6.79. The summed E-state index contributed by atoms with van der Waals surface area (Å²) in [4.78, 5) is 31.1. The Labute approximate surface area is 119 Å². The van der Waals surface area contributed by atoms with E-state index in [0.717, 1.165) is 5.82 Å². The Bertz CT molecular complexity index is 435. The van der Waals surface area contributed by atoms with E-state index in [4.69, 9.17) is 4.74 Å². The lowest BCUT2D eigenvalue weighted by Gasteiger charge is -2.27. The molecule has 6 heteroatoms. The van der Waals surface area contributed by atoms with Crippen molar-refractivity contribution in [2.75, 3.05) is 13.2 Å². The molecule has 1 aromatic heterocycles. The minimum Gasteiger partial charge on any atom is -0.465 e. The van der Waals surface area contributed by atoms with E-state index in [1.165, 1.54) is 0 Å². The molecule has 1 atom stereocenters. The molecule has 6 nitrogen and oxygen atoms in total. The number of esters is 1. The number of nitrogens with zero attached hydrogens (tertiary/aromatic N) is 1. The summed E-state index contributed by atoms with van der Waals surface area (Å²) in [7, 11) is 0. The van der Waals surface area contributed by atoms with Crippen molar-refractivity contribution in [2.45, 2.75) is 34.1 Å². The number of ether oxygens (including phenoxy) is 1. The van der Waals surface area contributed by atoms with Gasteiger partial charge in [-0.15, -0.1) is 0 Å². The fourth-order valence-electron chi connectivity index (χ4n) is 1.92. The van der Waals surface area contributed by atoms with Crippen molar-refractivity contribution in [3.8, 4) is 0 Å². The molecule has 0 aromatic carbocycles. The Balaban J connectivity index is 2.57. The van der Waals surface area contributed by atoms with E-state index in [-0.39, 0.29) is 12.5 Å². The molecule has 2 N–H and O–H groups in total. The van der Waals surface area contributed by atoms with Crippen LogP contribution in [-0.2, 0) is 20.7 Å². The zero-order valence-electron chi connectivity index (χ0n) is 12.5. The van der Waals surface area contributed by atoms with Crippen molar-refractivity contribution in [1.82, 2.24) is 15.3 Å². The van der Waals surface area contributed by atoms with Gasteiger partial charge in [-0.25, -0.2) is 4.98 Å². The zero-order chi connectivity index (χ0) is 15.2. The molecule has 0 fully saturated rings. The van der Waals surface area contributed by atoms with Crippen LogP contribution in [0.3, 0.4) is 0 Å². The fourth-order valence-corrected chi connectivity index (χ4v) is 1.92. The van der Waals surface area contributed by atoms with Gasteiger partial charge in [-0.2, -0.15) is 0 Å². The Morgan fingerprint density at radius 2 is 2.15 bits per heavy atom. The predicted octanol–water partition coefficient (Wildman–Crippen LogP) is 1.29. The van der Waals surface area contributed by atoms with Gasteiger partial charge < -0.3 is 15.0 Å². The van der Waals surface area contributed by atoms with Crippen LogP contribution in [0.2, 0.25) is 0 Å². The average Bonchev–Trinajstić information content (AvgIpc) is 2.80. The number of aromatic nitrogens is 2. The summed E-state index contributed by atoms with van der Waals surface area (Å²) in [6, 6.07) is 0. The number of rotatable bonds is 6. The third kappa shape index (κ3) is 4.68. The van der Waals surface area contributed by atoms with Crippen LogP contribution in [0.1, 0.15) is 33.5 Å². The van der Waals surface area contributed by atoms with Gasteiger partial charge in [-0.05, 0) is 12.3 Å². The van der Waals surface area contributed by atoms with E-state index >= 15 is 0 Å². The van der Waals surface area contributed by atoms with Crippen LogP contribution in [0.4, 0.5) is 0 Å². The third-order valence-electron chi connectivity index (χ3n) is 2.87. The average molecular weight is 281 g/mol. The van der Waals surface area contributed by atoms with Gasteiger partial charge in [0.2, 0.25) is 5.91 Å². The van der Waals surface area contributed by atoms with E-state index in [1.54, 1.807) is 19.3 Å². The Hall–Kier alpha value is -1.85. The molecule has 0 saturated carbocycles. The standard InChI is InChI=1S/C14H23N3O3/c1-5-20-13(19)11(14(2,3)4)12(18)17-7-6-10-15-8-9-16-10/h8-9,11H,5-7H2,1-4H3,(H,15,16)(H,17,18). The van der Waals surface area contributed by atoms with Crippen molar-refractivity contribution in [1.29, 1.82) is 0 Å². The quantitative estimate of drug-likeness (QED) is 0.608. The van der Waals surface area contributed by atoms with Crippen molar-refractivity contribution in [3.63, 3.8) is 0 Å². The molecule has 0 spiro atoms. The molecular weight excluding hydrogens is 258 g/mol. The minimum absolute atomic E-state index is 0.269. The Morgan fingerprint density at radius 1 is 1.45 bits per heavy atom. The Morgan fingerprint density at radius 3 is 2.65 bits per heavy atom. The molecule has 1 amide bonds. The van der Waals surface area contributed by atoms with Crippen molar-refractivity contribution < 1.29 is 14.3 Å². The molecule has 0 bridgehead atoms. The van der Waals surface area contributed by atoms with Gasteiger partial charge in [0, 0.05) is 25.4 Å².